The van der Waals surface area contributed by atoms with Crippen LogP contribution in [0.1, 0.15) is 23.7 Å². The third kappa shape index (κ3) is 2.88. The van der Waals surface area contributed by atoms with Gasteiger partial charge in [0.15, 0.2) is 0 Å². The van der Waals surface area contributed by atoms with Gasteiger partial charge in [0, 0.05) is 30.6 Å². The number of benzene rings is 1. The third-order valence-electron chi connectivity index (χ3n) is 3.88. The van der Waals surface area contributed by atoms with Crippen LogP contribution in [0.2, 0.25) is 0 Å². The van der Waals surface area contributed by atoms with Crippen LogP contribution >= 0.6 is 0 Å². The first-order valence-electron chi connectivity index (χ1n) is 7.40. The van der Waals surface area contributed by atoms with Gasteiger partial charge in [-0.3, -0.25) is 9.59 Å². The standard InChI is InChI=1S/C17H18N2O3/c1-2-19-11-14(10-16(19)20)18-17(21)13-7-5-12(6-8-13)15-4-3-9-22-15/h3-9,14H,2,10-11H2,1H3,(H,18,21)/t14-/m0/s1. The van der Waals surface area contributed by atoms with Gasteiger partial charge < -0.3 is 14.6 Å². The van der Waals surface area contributed by atoms with E-state index >= 15 is 0 Å². The first-order chi connectivity index (χ1) is 10.7. The number of nitrogens with zero attached hydrogens (tertiary/aromatic N) is 1. The molecular formula is C17H18N2O3. The molecule has 1 aliphatic heterocycles. The summed E-state index contributed by atoms with van der Waals surface area (Å²) in [5, 5.41) is 2.92. The molecule has 114 valence electrons. The number of carbonyl (C=O) groups excluding carboxylic acids is 2. The van der Waals surface area contributed by atoms with Gasteiger partial charge in [-0.1, -0.05) is 12.1 Å². The van der Waals surface area contributed by atoms with Crippen LogP contribution in [0.4, 0.5) is 0 Å². The second-order valence-electron chi connectivity index (χ2n) is 5.36. The SMILES string of the molecule is CCN1C[C@@H](NC(=O)c2ccc(-c3ccco3)cc2)CC1=O. The summed E-state index contributed by atoms with van der Waals surface area (Å²) in [4.78, 5) is 25.7. The summed E-state index contributed by atoms with van der Waals surface area (Å²) in [6.07, 6.45) is 2.00. The van der Waals surface area contributed by atoms with Crippen molar-refractivity contribution < 1.29 is 14.0 Å². The number of rotatable bonds is 4. The highest BCUT2D eigenvalue weighted by Gasteiger charge is 2.29. The molecule has 0 spiro atoms. The van der Waals surface area contributed by atoms with Gasteiger partial charge >= 0.3 is 0 Å². The zero-order valence-corrected chi connectivity index (χ0v) is 12.4. The Labute approximate surface area is 128 Å². The quantitative estimate of drug-likeness (QED) is 0.942. The zero-order chi connectivity index (χ0) is 15.5. The van der Waals surface area contributed by atoms with Gasteiger partial charge in [0.05, 0.1) is 12.3 Å². The molecule has 22 heavy (non-hydrogen) atoms. The maximum Gasteiger partial charge on any atom is 0.251 e. The van der Waals surface area contributed by atoms with E-state index in [1.54, 1.807) is 23.3 Å². The molecule has 0 bridgehead atoms. The number of nitrogens with one attached hydrogen (secondary N) is 1. The number of carbonyl (C=O) groups is 2. The lowest BCUT2D eigenvalue weighted by atomic mass is 10.1. The summed E-state index contributed by atoms with van der Waals surface area (Å²) < 4.78 is 5.32. The topological polar surface area (TPSA) is 62.6 Å². The number of amides is 2. The molecule has 3 rings (SSSR count). The molecule has 1 fully saturated rings. The Morgan fingerprint density at radius 3 is 2.68 bits per heavy atom. The van der Waals surface area contributed by atoms with Crippen molar-refractivity contribution in [1.82, 2.24) is 10.2 Å². The fourth-order valence-corrected chi connectivity index (χ4v) is 2.67. The van der Waals surface area contributed by atoms with Crippen LogP contribution in [0.5, 0.6) is 0 Å². The molecule has 2 aromatic rings. The second kappa shape index (κ2) is 6.05. The average Bonchev–Trinajstić information content (AvgIpc) is 3.17. The molecule has 1 saturated heterocycles. The highest BCUT2D eigenvalue weighted by Crippen LogP contribution is 2.20. The lowest BCUT2D eigenvalue weighted by molar-refractivity contribution is -0.127. The van der Waals surface area contributed by atoms with E-state index < -0.39 is 0 Å². The molecule has 5 heteroatoms. The van der Waals surface area contributed by atoms with E-state index in [0.29, 0.717) is 25.1 Å². The van der Waals surface area contributed by atoms with Crippen molar-refractivity contribution in [2.45, 2.75) is 19.4 Å². The van der Waals surface area contributed by atoms with Gasteiger partial charge in [-0.25, -0.2) is 0 Å². The van der Waals surface area contributed by atoms with Crippen LogP contribution in [0, 0.1) is 0 Å². The van der Waals surface area contributed by atoms with Crippen molar-refractivity contribution in [3.05, 3.63) is 48.2 Å². The van der Waals surface area contributed by atoms with Crippen LogP contribution < -0.4 is 5.32 Å². The molecule has 0 unspecified atom stereocenters. The fourth-order valence-electron chi connectivity index (χ4n) is 2.67. The molecule has 5 nitrogen and oxygen atoms in total. The van der Waals surface area contributed by atoms with Crippen LogP contribution in [-0.2, 0) is 4.79 Å². The molecule has 2 amide bonds. The van der Waals surface area contributed by atoms with Crippen LogP contribution in [0.15, 0.2) is 47.1 Å². The highest BCUT2D eigenvalue weighted by atomic mass is 16.3. The first kappa shape index (κ1) is 14.4. The molecule has 0 aliphatic carbocycles. The Morgan fingerprint density at radius 2 is 2.09 bits per heavy atom. The van der Waals surface area contributed by atoms with E-state index in [9.17, 15) is 9.59 Å². The van der Waals surface area contributed by atoms with E-state index in [-0.39, 0.29) is 17.9 Å². The van der Waals surface area contributed by atoms with Gasteiger partial charge in [0.2, 0.25) is 5.91 Å². The predicted molar refractivity (Wildman–Crippen MR) is 82.3 cm³/mol. The van der Waals surface area contributed by atoms with Crippen molar-refractivity contribution >= 4 is 11.8 Å². The number of furan rings is 1. The first-order valence-corrected chi connectivity index (χ1v) is 7.40. The van der Waals surface area contributed by atoms with E-state index in [1.165, 1.54) is 0 Å². The second-order valence-corrected chi connectivity index (χ2v) is 5.36. The average molecular weight is 298 g/mol. The Bertz CT molecular complexity index is 662. The van der Waals surface area contributed by atoms with Gasteiger partial charge in [0.25, 0.3) is 5.91 Å². The molecule has 1 aliphatic rings. The zero-order valence-electron chi connectivity index (χ0n) is 12.4. The number of hydrogen-bond donors (Lipinski definition) is 1. The van der Waals surface area contributed by atoms with E-state index in [4.69, 9.17) is 4.42 Å². The van der Waals surface area contributed by atoms with E-state index in [2.05, 4.69) is 5.32 Å². The largest absolute Gasteiger partial charge is 0.464 e. The van der Waals surface area contributed by atoms with E-state index in [0.717, 1.165) is 11.3 Å². The molecule has 2 heterocycles. The minimum Gasteiger partial charge on any atom is -0.464 e. The predicted octanol–water partition coefficient (Wildman–Crippen LogP) is 2.30. The van der Waals surface area contributed by atoms with Crippen molar-refractivity contribution in [3.63, 3.8) is 0 Å². The summed E-state index contributed by atoms with van der Waals surface area (Å²) in [7, 11) is 0. The Balaban J connectivity index is 1.64. The maximum absolute atomic E-state index is 12.2. The van der Waals surface area contributed by atoms with Crippen LogP contribution in [-0.4, -0.2) is 35.8 Å². The van der Waals surface area contributed by atoms with Crippen molar-refractivity contribution in [2.75, 3.05) is 13.1 Å². The Morgan fingerprint density at radius 1 is 1.32 bits per heavy atom. The Hall–Kier alpha value is -2.56. The normalized spacial score (nSPS) is 17.8. The van der Waals surface area contributed by atoms with Gasteiger partial charge in [0.1, 0.15) is 5.76 Å². The number of likely N-dealkylation sites (N-methyl/N-ethyl adjacent to an activating group) is 1. The van der Waals surface area contributed by atoms with E-state index in [1.807, 2.05) is 31.2 Å². The fraction of sp³-hybridized carbons (Fsp3) is 0.294. The summed E-state index contributed by atoms with van der Waals surface area (Å²) in [6.45, 7) is 3.21. The summed E-state index contributed by atoms with van der Waals surface area (Å²) in [5.41, 5.74) is 1.51. The lowest BCUT2D eigenvalue weighted by Crippen LogP contribution is -2.37. The van der Waals surface area contributed by atoms with Gasteiger partial charge in [-0.15, -0.1) is 0 Å². The van der Waals surface area contributed by atoms with Crippen molar-refractivity contribution in [2.24, 2.45) is 0 Å². The Kier molecular flexibility index (Phi) is 3.96. The van der Waals surface area contributed by atoms with Gasteiger partial charge in [-0.05, 0) is 31.2 Å². The minimum absolute atomic E-state index is 0.0981. The summed E-state index contributed by atoms with van der Waals surface area (Å²) >= 11 is 0. The molecule has 1 aromatic heterocycles. The molecule has 1 aromatic carbocycles. The molecule has 0 saturated carbocycles. The van der Waals surface area contributed by atoms with Crippen LogP contribution in [0.3, 0.4) is 0 Å². The molecule has 1 atom stereocenters. The van der Waals surface area contributed by atoms with Gasteiger partial charge in [-0.2, -0.15) is 0 Å². The van der Waals surface area contributed by atoms with Crippen molar-refractivity contribution in [1.29, 1.82) is 0 Å². The summed E-state index contributed by atoms with van der Waals surface area (Å²) in [6, 6.07) is 10.8. The molecular weight excluding hydrogens is 280 g/mol. The highest BCUT2D eigenvalue weighted by molar-refractivity contribution is 5.95. The lowest BCUT2D eigenvalue weighted by Gasteiger charge is -2.14. The third-order valence-corrected chi connectivity index (χ3v) is 3.88. The van der Waals surface area contributed by atoms with Crippen molar-refractivity contribution in [3.8, 4) is 11.3 Å². The van der Waals surface area contributed by atoms with Crippen LogP contribution in [0.25, 0.3) is 11.3 Å². The smallest absolute Gasteiger partial charge is 0.251 e. The number of hydrogen-bond acceptors (Lipinski definition) is 3. The number of likely N-dealkylation sites (tertiary alicyclic amines) is 1. The minimum atomic E-state index is -0.151. The summed E-state index contributed by atoms with van der Waals surface area (Å²) in [5.74, 6) is 0.717. The molecule has 0 radical (unpaired) electrons. The molecule has 1 N–H and O–H groups in total. The monoisotopic (exact) mass is 298 g/mol. The maximum atomic E-state index is 12.2.